The van der Waals surface area contributed by atoms with Gasteiger partial charge < -0.3 is 59.1 Å². The molecule has 1 aliphatic carbocycles. The monoisotopic (exact) mass is 552 g/mol. The van der Waals surface area contributed by atoms with Gasteiger partial charge in [-0.05, 0) is 47.6 Å². The molecule has 0 saturated carbocycles. The maximum absolute atomic E-state index is 11.0. The van der Waals surface area contributed by atoms with Crippen LogP contribution in [-0.2, 0) is 15.9 Å². The minimum absolute atomic E-state index is 0.0542. The van der Waals surface area contributed by atoms with E-state index in [1.165, 1.54) is 28.4 Å². The predicted molar refractivity (Wildman–Crippen MR) is 136 cm³/mol. The third kappa shape index (κ3) is 5.28. The van der Waals surface area contributed by atoms with E-state index in [0.29, 0.717) is 17.5 Å². The number of aliphatic hydroxyl groups excluding tert-OH is 4. The van der Waals surface area contributed by atoms with E-state index in [0.717, 1.165) is 5.56 Å². The summed E-state index contributed by atoms with van der Waals surface area (Å²) in [6.07, 6.45) is -5.04. The first-order valence-electron chi connectivity index (χ1n) is 12.5. The van der Waals surface area contributed by atoms with Crippen molar-refractivity contribution >= 4 is 0 Å². The molecule has 216 valence electrons. The SMILES string of the molecule is COc1cc([C@H]2c3c(cc(OC)c(O)c3OC)C[C@@H](CO)[C@@H]2CO[C@@H]2OC[C@H](O)[C@H](O)[C@@H]2O)cc(OC)c1O. The molecule has 1 saturated heterocycles. The van der Waals surface area contributed by atoms with Crippen LogP contribution in [0.15, 0.2) is 18.2 Å². The number of phenols is 2. The lowest BCUT2D eigenvalue weighted by Crippen LogP contribution is -2.54. The lowest BCUT2D eigenvalue weighted by atomic mass is 9.66. The molecule has 2 aliphatic rings. The summed E-state index contributed by atoms with van der Waals surface area (Å²) in [7, 11) is 5.66. The fourth-order valence-electron chi connectivity index (χ4n) is 5.55. The summed E-state index contributed by atoms with van der Waals surface area (Å²) in [6.45, 7) is -0.504. The highest BCUT2D eigenvalue weighted by Crippen LogP contribution is 2.54. The van der Waals surface area contributed by atoms with Gasteiger partial charge in [-0.2, -0.15) is 0 Å². The Morgan fingerprint density at radius 2 is 1.46 bits per heavy atom. The van der Waals surface area contributed by atoms with Crippen molar-refractivity contribution in [3.8, 4) is 34.5 Å². The number of rotatable bonds is 9. The zero-order chi connectivity index (χ0) is 28.4. The Morgan fingerprint density at radius 1 is 0.846 bits per heavy atom. The minimum atomic E-state index is -1.49. The summed E-state index contributed by atoms with van der Waals surface area (Å²) in [5, 5.41) is 62.3. The van der Waals surface area contributed by atoms with Crippen LogP contribution in [0.3, 0.4) is 0 Å². The highest BCUT2D eigenvalue weighted by atomic mass is 16.7. The van der Waals surface area contributed by atoms with Gasteiger partial charge in [0, 0.05) is 18.1 Å². The first kappa shape index (κ1) is 29.0. The van der Waals surface area contributed by atoms with E-state index in [-0.39, 0.29) is 60.2 Å². The Morgan fingerprint density at radius 3 is 2.03 bits per heavy atom. The second kappa shape index (κ2) is 12.0. The Kier molecular flexibility index (Phi) is 8.94. The van der Waals surface area contributed by atoms with E-state index in [1.54, 1.807) is 18.2 Å². The number of ether oxygens (including phenoxy) is 6. The number of phenolic OH excluding ortho intramolecular Hbond substituents is 2. The molecule has 6 N–H and O–H groups in total. The molecule has 7 atom stereocenters. The fraction of sp³-hybridized carbons (Fsp3) is 0.556. The third-order valence-electron chi connectivity index (χ3n) is 7.60. The molecule has 1 aliphatic heterocycles. The molecule has 4 rings (SSSR count). The van der Waals surface area contributed by atoms with Crippen LogP contribution >= 0.6 is 0 Å². The summed E-state index contributed by atoms with van der Waals surface area (Å²) in [6, 6.07) is 4.96. The maximum Gasteiger partial charge on any atom is 0.201 e. The average molecular weight is 553 g/mol. The maximum atomic E-state index is 11.0. The van der Waals surface area contributed by atoms with Gasteiger partial charge in [0.15, 0.2) is 29.3 Å². The van der Waals surface area contributed by atoms with Crippen LogP contribution in [0.1, 0.15) is 22.6 Å². The van der Waals surface area contributed by atoms with Crippen LogP contribution in [0.25, 0.3) is 0 Å². The molecule has 0 aromatic heterocycles. The third-order valence-corrected chi connectivity index (χ3v) is 7.60. The van der Waals surface area contributed by atoms with Crippen molar-refractivity contribution in [2.24, 2.45) is 11.8 Å². The largest absolute Gasteiger partial charge is 0.502 e. The molecule has 0 bridgehead atoms. The van der Waals surface area contributed by atoms with Crippen molar-refractivity contribution in [2.75, 3.05) is 48.3 Å². The van der Waals surface area contributed by atoms with E-state index in [4.69, 9.17) is 28.4 Å². The Bertz CT molecular complexity index is 1130. The van der Waals surface area contributed by atoms with Crippen LogP contribution in [-0.4, -0.2) is 104 Å². The number of hydrogen-bond donors (Lipinski definition) is 6. The zero-order valence-electron chi connectivity index (χ0n) is 22.2. The van der Waals surface area contributed by atoms with Crippen molar-refractivity contribution in [2.45, 2.75) is 36.9 Å². The van der Waals surface area contributed by atoms with Gasteiger partial charge in [-0.15, -0.1) is 0 Å². The van der Waals surface area contributed by atoms with Gasteiger partial charge >= 0.3 is 0 Å². The molecule has 2 aromatic rings. The van der Waals surface area contributed by atoms with E-state index in [2.05, 4.69) is 0 Å². The van der Waals surface area contributed by atoms with Crippen LogP contribution in [0.2, 0.25) is 0 Å². The minimum Gasteiger partial charge on any atom is -0.502 e. The van der Waals surface area contributed by atoms with E-state index in [1.807, 2.05) is 0 Å². The lowest BCUT2D eigenvalue weighted by molar-refractivity contribution is -0.274. The number of methoxy groups -OCH3 is 4. The molecule has 0 unspecified atom stereocenters. The number of aliphatic hydroxyl groups is 4. The van der Waals surface area contributed by atoms with Gasteiger partial charge in [0.25, 0.3) is 0 Å². The molecular weight excluding hydrogens is 516 g/mol. The van der Waals surface area contributed by atoms with Gasteiger partial charge in [0.05, 0.1) is 41.7 Å². The Hall–Kier alpha value is -3.00. The van der Waals surface area contributed by atoms with Gasteiger partial charge in [-0.3, -0.25) is 0 Å². The van der Waals surface area contributed by atoms with Crippen LogP contribution < -0.4 is 18.9 Å². The molecule has 1 fully saturated rings. The second-order valence-electron chi connectivity index (χ2n) is 9.68. The normalized spacial score (nSPS) is 28.5. The van der Waals surface area contributed by atoms with Crippen molar-refractivity contribution in [1.29, 1.82) is 0 Å². The molecule has 39 heavy (non-hydrogen) atoms. The van der Waals surface area contributed by atoms with Gasteiger partial charge in [0.2, 0.25) is 11.5 Å². The molecule has 0 spiro atoms. The summed E-state index contributed by atoms with van der Waals surface area (Å²) in [4.78, 5) is 0. The van der Waals surface area contributed by atoms with Crippen LogP contribution in [0.4, 0.5) is 0 Å². The van der Waals surface area contributed by atoms with Crippen molar-refractivity contribution in [1.82, 2.24) is 0 Å². The van der Waals surface area contributed by atoms with E-state index in [9.17, 15) is 30.6 Å². The van der Waals surface area contributed by atoms with Gasteiger partial charge in [-0.1, -0.05) is 0 Å². The van der Waals surface area contributed by atoms with Gasteiger partial charge in [-0.25, -0.2) is 0 Å². The number of hydrogen-bond acceptors (Lipinski definition) is 12. The van der Waals surface area contributed by atoms with Crippen LogP contribution in [0.5, 0.6) is 34.5 Å². The van der Waals surface area contributed by atoms with E-state index >= 15 is 0 Å². The zero-order valence-corrected chi connectivity index (χ0v) is 22.2. The summed E-state index contributed by atoms with van der Waals surface area (Å²) in [5.74, 6) is -1.16. The smallest absolute Gasteiger partial charge is 0.201 e. The number of fused-ring (bicyclic) bond motifs is 1. The standard InChI is InChI=1S/C27H36O12/c1-34-17-7-13(8-18(35-2)23(17)31)20-15(10-38-27-25(33)22(30)16(29)11-39-27)14(9-28)5-12-6-19(36-3)24(32)26(37-4)21(12)20/h6-8,14-16,20,22,25,27-33H,5,9-11H2,1-4H3/t14-,15-,16-,20+,22-,25-,27+/m0/s1. The van der Waals surface area contributed by atoms with Crippen LogP contribution in [0, 0.1) is 11.8 Å². The number of benzene rings is 2. The fourth-order valence-corrected chi connectivity index (χ4v) is 5.55. The summed E-state index contributed by atoms with van der Waals surface area (Å²) < 4.78 is 33.2. The van der Waals surface area contributed by atoms with E-state index < -0.39 is 36.4 Å². The highest BCUT2D eigenvalue weighted by molar-refractivity contribution is 5.64. The first-order chi connectivity index (χ1) is 18.7. The molecule has 12 nitrogen and oxygen atoms in total. The molecule has 1 heterocycles. The molecule has 12 heteroatoms. The lowest BCUT2D eigenvalue weighted by Gasteiger charge is -2.42. The second-order valence-corrected chi connectivity index (χ2v) is 9.68. The molecule has 0 radical (unpaired) electrons. The van der Waals surface area contributed by atoms with Crippen molar-refractivity contribution in [3.05, 3.63) is 34.9 Å². The predicted octanol–water partition coefficient (Wildman–Crippen LogP) is 0.500. The average Bonchev–Trinajstić information content (AvgIpc) is 2.94. The first-order valence-corrected chi connectivity index (χ1v) is 12.5. The highest BCUT2D eigenvalue weighted by Gasteiger charge is 2.44. The van der Waals surface area contributed by atoms with Crippen molar-refractivity contribution in [3.63, 3.8) is 0 Å². The Balaban J connectivity index is 1.86. The van der Waals surface area contributed by atoms with Gasteiger partial charge in [0.1, 0.15) is 18.3 Å². The molecule has 0 amide bonds. The molecular formula is C27H36O12. The van der Waals surface area contributed by atoms with Crippen molar-refractivity contribution < 1.29 is 59.1 Å². The quantitative estimate of drug-likeness (QED) is 0.254. The number of aromatic hydroxyl groups is 2. The topological polar surface area (TPSA) is 177 Å². The summed E-state index contributed by atoms with van der Waals surface area (Å²) >= 11 is 0. The summed E-state index contributed by atoms with van der Waals surface area (Å²) in [5.41, 5.74) is 1.99. The Labute approximate surface area is 225 Å². The molecule has 2 aromatic carbocycles.